The molecule has 0 bridgehead atoms. The fourth-order valence-electron chi connectivity index (χ4n) is 2.28. The van der Waals surface area contributed by atoms with Crippen molar-refractivity contribution in [3.05, 3.63) is 109 Å². The third kappa shape index (κ3) is 12.3. The molecule has 0 saturated heterocycles. The molecule has 2 radical (unpaired) electrons. The Labute approximate surface area is 211 Å². The van der Waals surface area contributed by atoms with Gasteiger partial charge < -0.3 is 10.5 Å². The summed E-state index contributed by atoms with van der Waals surface area (Å²) in [4.78, 5) is 10.1. The molecule has 0 fully saturated rings. The van der Waals surface area contributed by atoms with Crippen LogP contribution in [-0.2, 0) is 21.8 Å². The van der Waals surface area contributed by atoms with E-state index in [2.05, 4.69) is 103 Å². The van der Waals surface area contributed by atoms with Crippen LogP contribution in [0.5, 0.6) is 0 Å². The van der Waals surface area contributed by atoms with Crippen LogP contribution in [-0.4, -0.2) is 15.4 Å². The Balaban J connectivity index is 0.000000237. The third-order valence-electron chi connectivity index (χ3n) is 4.07. The molecule has 0 atom stereocenters. The molecule has 0 spiro atoms. The number of benzene rings is 3. The quantitative estimate of drug-likeness (QED) is 0.211. The molecular weight excluding hydrogens is 489 g/mol. The second-order valence-electron chi connectivity index (χ2n) is 7.66. The van der Waals surface area contributed by atoms with Crippen molar-refractivity contribution in [2.45, 2.75) is 20.8 Å². The Bertz CT molecular complexity index is 950. The van der Waals surface area contributed by atoms with E-state index in [-0.39, 0.29) is 0 Å². The zero-order valence-electron chi connectivity index (χ0n) is 18.5. The van der Waals surface area contributed by atoms with Crippen molar-refractivity contribution >= 4 is 55.2 Å². The second kappa shape index (κ2) is 16.0. The first-order valence-electron chi connectivity index (χ1n) is 9.97. The summed E-state index contributed by atoms with van der Waals surface area (Å²) < 4.78 is 0. The molecule has 1 amide bonds. The van der Waals surface area contributed by atoms with Gasteiger partial charge in [0.2, 0.25) is 0 Å². The van der Waals surface area contributed by atoms with Gasteiger partial charge in [0, 0.05) is 5.41 Å². The van der Waals surface area contributed by atoms with Crippen LogP contribution >= 0.6 is 18.6 Å². The normalized spacial score (nSPS) is 9.78. The van der Waals surface area contributed by atoms with E-state index in [0.29, 0.717) is 0 Å². The van der Waals surface area contributed by atoms with Gasteiger partial charge in [-0.1, -0.05) is 97.9 Å². The van der Waals surface area contributed by atoms with Gasteiger partial charge in [0.15, 0.2) is 0 Å². The molecule has 4 rings (SSSR count). The Morgan fingerprint density at radius 3 is 1.62 bits per heavy atom. The van der Waals surface area contributed by atoms with Crippen LogP contribution < -0.4 is 10.4 Å². The summed E-state index contributed by atoms with van der Waals surface area (Å²) in [6.07, 6.45) is 0. The Hall–Kier alpha value is -1.75. The average molecular weight is 516 g/mol. The average Bonchev–Trinajstić information content (AvgIpc) is 3.25. The number of halogens is 2. The number of carbonyl (C=O) groups is 1. The third-order valence-corrected chi connectivity index (χ3v) is 5.31. The van der Waals surface area contributed by atoms with Crippen LogP contribution in [0.15, 0.2) is 103 Å². The minimum Gasteiger partial charge on any atom is -0.168 e. The number of fused-ring (bicyclic) bond motifs is 1. The van der Waals surface area contributed by atoms with Crippen LogP contribution in [0.4, 0.5) is 0 Å². The van der Waals surface area contributed by atoms with E-state index in [1.165, 1.54) is 21.1 Å². The molecule has 0 heterocycles. The summed E-state index contributed by atoms with van der Waals surface area (Å²) in [6.45, 7) is 5.17. The van der Waals surface area contributed by atoms with Crippen molar-refractivity contribution in [2.24, 2.45) is 5.41 Å². The van der Waals surface area contributed by atoms with Gasteiger partial charge in [-0.15, -0.1) is 29.7 Å². The first kappa shape index (κ1) is 28.3. The van der Waals surface area contributed by atoms with E-state index in [1.54, 1.807) is 20.8 Å². The SMILES string of the molecule is CC(C)(C)C([NH-])=O.[Cl][Ti][Cl].c1ccc([Si]c2ccccc2)cc1.c1ccc2[cH-]ccc2c1. The summed E-state index contributed by atoms with van der Waals surface area (Å²) in [6, 6.07) is 35.8. The Kier molecular flexibility index (Phi) is 14.1. The van der Waals surface area contributed by atoms with Crippen molar-refractivity contribution in [1.29, 1.82) is 0 Å². The molecule has 1 N–H and O–H groups in total. The monoisotopic (exact) mass is 515 g/mol. The van der Waals surface area contributed by atoms with Crippen molar-refractivity contribution in [3.8, 4) is 0 Å². The molecule has 0 saturated carbocycles. The molecule has 0 aliphatic heterocycles. The first-order valence-corrected chi connectivity index (χ1v) is 15.3. The standard InChI is InChI=1S/C12H10Si.C9H7.C5H11NO.2ClH.Ti/c1-3-7-11(8-4-1)13-12-9-5-2-6-10-12;1-2-5-9-7-3-6-8(9)4-1;1-5(2,3)4(6)7;;;/h1-10H;1-7H;1-3H3,(H2,6,7);2*1H;/q;-1;;;;+2/p-3. The molecule has 32 heavy (non-hydrogen) atoms. The first-order chi connectivity index (χ1) is 15.3. The zero-order chi connectivity index (χ0) is 23.8. The number of hydrogen-bond acceptors (Lipinski definition) is 1. The molecule has 166 valence electrons. The summed E-state index contributed by atoms with van der Waals surface area (Å²) in [5.74, 6) is -0.507. The van der Waals surface area contributed by atoms with Gasteiger partial charge in [0.05, 0.1) is 5.91 Å². The van der Waals surface area contributed by atoms with E-state index < -0.39 is 28.4 Å². The van der Waals surface area contributed by atoms with Gasteiger partial charge >= 0.3 is 35.6 Å². The van der Waals surface area contributed by atoms with Crippen LogP contribution in [0.25, 0.3) is 16.5 Å². The van der Waals surface area contributed by atoms with Crippen LogP contribution in [0.2, 0.25) is 0 Å². The van der Waals surface area contributed by atoms with E-state index in [1.807, 2.05) is 0 Å². The Morgan fingerprint density at radius 2 is 1.22 bits per heavy atom. The molecule has 0 aliphatic carbocycles. The molecule has 4 aromatic rings. The summed E-state index contributed by atoms with van der Waals surface area (Å²) in [5, 5.41) is 5.46. The molecule has 6 heteroatoms. The van der Waals surface area contributed by atoms with Gasteiger partial charge in [0.1, 0.15) is 9.52 Å². The number of amides is 1. The van der Waals surface area contributed by atoms with Crippen molar-refractivity contribution in [2.75, 3.05) is 0 Å². The van der Waals surface area contributed by atoms with Crippen molar-refractivity contribution in [1.82, 2.24) is 0 Å². The fourth-order valence-corrected chi connectivity index (χ4v) is 3.33. The minimum absolute atomic E-state index is 0.472. The summed E-state index contributed by atoms with van der Waals surface area (Å²) in [5.41, 5.74) is 6.12. The van der Waals surface area contributed by atoms with E-state index in [0.717, 1.165) is 9.52 Å². The van der Waals surface area contributed by atoms with E-state index in [4.69, 9.17) is 24.3 Å². The van der Waals surface area contributed by atoms with Gasteiger partial charge in [-0.3, -0.25) is 0 Å². The van der Waals surface area contributed by atoms with Crippen LogP contribution in [0.1, 0.15) is 20.8 Å². The predicted molar refractivity (Wildman–Crippen MR) is 138 cm³/mol. The minimum atomic E-state index is -0.556. The molecule has 4 aromatic carbocycles. The van der Waals surface area contributed by atoms with Crippen molar-refractivity contribution in [3.63, 3.8) is 0 Å². The second-order valence-corrected chi connectivity index (χ2v) is 11.6. The maximum Gasteiger partial charge on any atom is 0.121 e. The predicted octanol–water partition coefficient (Wildman–Crippen LogP) is 6.89. The van der Waals surface area contributed by atoms with E-state index in [9.17, 15) is 4.79 Å². The molecule has 0 aromatic heterocycles. The van der Waals surface area contributed by atoms with E-state index >= 15 is 0 Å². The topological polar surface area (TPSA) is 40.9 Å². The number of carbonyl (C=O) groups excluding carboxylic acids is 1. The number of hydrogen-bond donors (Lipinski definition) is 0. The van der Waals surface area contributed by atoms with Crippen molar-refractivity contribution < 1.29 is 21.8 Å². The van der Waals surface area contributed by atoms with Gasteiger partial charge in [-0.05, 0) is 0 Å². The maximum absolute atomic E-state index is 10.1. The maximum atomic E-state index is 10.1. The largest absolute Gasteiger partial charge is 0.168 e. The van der Waals surface area contributed by atoms with Gasteiger partial charge in [0.25, 0.3) is 0 Å². The number of nitrogens with one attached hydrogen (secondary N) is 1. The van der Waals surface area contributed by atoms with Crippen LogP contribution in [0.3, 0.4) is 0 Å². The zero-order valence-corrected chi connectivity index (χ0v) is 22.6. The van der Waals surface area contributed by atoms with Crippen LogP contribution in [0, 0.1) is 5.41 Å². The molecular formula is C26H27Cl2NOSiTi-2. The Morgan fingerprint density at radius 1 is 0.812 bits per heavy atom. The smallest absolute Gasteiger partial charge is 0.121 e. The fraction of sp³-hybridized carbons (Fsp3) is 0.154. The van der Waals surface area contributed by atoms with Gasteiger partial charge in [-0.2, -0.15) is 17.5 Å². The molecule has 0 unspecified atom stereocenters. The number of rotatable bonds is 2. The summed E-state index contributed by atoms with van der Waals surface area (Å²) in [7, 11) is 10.6. The molecule has 0 aliphatic rings. The molecule has 2 nitrogen and oxygen atoms in total. The summed E-state index contributed by atoms with van der Waals surface area (Å²) >= 11 is -0.556. The van der Waals surface area contributed by atoms with Gasteiger partial charge in [-0.25, -0.2) is 0 Å².